The van der Waals surface area contributed by atoms with Gasteiger partial charge in [0.25, 0.3) is 0 Å². The van der Waals surface area contributed by atoms with Crippen molar-refractivity contribution in [3.8, 4) is 0 Å². The molecule has 1 saturated heterocycles. The first-order valence-electron chi connectivity index (χ1n) is 7.14. The summed E-state index contributed by atoms with van der Waals surface area (Å²) in [5.41, 5.74) is 1.15. The molecule has 3 nitrogen and oxygen atoms in total. The first kappa shape index (κ1) is 14.1. The van der Waals surface area contributed by atoms with Gasteiger partial charge in [-0.05, 0) is 50.0 Å². The molecular formula is C14H24O3S. The average Bonchev–Trinajstić information content (AvgIpc) is 2.57. The first-order valence-corrected chi connectivity index (χ1v) is 8.96. The lowest BCUT2D eigenvalue weighted by atomic mass is 9.91. The summed E-state index contributed by atoms with van der Waals surface area (Å²) < 4.78 is 22.8. The quantitative estimate of drug-likeness (QED) is 0.803. The summed E-state index contributed by atoms with van der Waals surface area (Å²) in [6.07, 6.45) is 10.1. The lowest BCUT2D eigenvalue weighted by Crippen LogP contribution is -2.17. The molecule has 0 bridgehead atoms. The van der Waals surface area contributed by atoms with E-state index in [2.05, 4.69) is 6.08 Å². The molecule has 1 heterocycles. The molecule has 2 rings (SSSR count). The van der Waals surface area contributed by atoms with Gasteiger partial charge in [-0.25, -0.2) is 8.42 Å². The van der Waals surface area contributed by atoms with Crippen molar-refractivity contribution in [2.24, 2.45) is 5.92 Å². The van der Waals surface area contributed by atoms with Crippen LogP contribution in [0.25, 0.3) is 0 Å². The Bertz CT molecular complexity index is 397. The minimum atomic E-state index is -2.82. The highest BCUT2D eigenvalue weighted by Gasteiger charge is 2.30. The topological polar surface area (TPSA) is 54.4 Å². The molecule has 0 saturated carbocycles. The van der Waals surface area contributed by atoms with Crippen LogP contribution in [-0.4, -0.2) is 31.1 Å². The summed E-state index contributed by atoms with van der Waals surface area (Å²) in [5, 5.41) is 10.3. The standard InChI is InChI=1S/C14H24O3S/c15-14(10-12-8-9-18(16,17)11-12)13-6-4-2-1-3-5-7-13/h6,12,14-15H,1-5,7-11H2. The maximum absolute atomic E-state index is 11.4. The van der Waals surface area contributed by atoms with Gasteiger partial charge in [0.15, 0.2) is 9.84 Å². The summed E-state index contributed by atoms with van der Waals surface area (Å²) in [4.78, 5) is 0. The van der Waals surface area contributed by atoms with Gasteiger partial charge in [-0.1, -0.05) is 18.9 Å². The summed E-state index contributed by atoms with van der Waals surface area (Å²) in [5.74, 6) is 0.747. The largest absolute Gasteiger partial charge is 0.389 e. The van der Waals surface area contributed by atoms with Crippen LogP contribution in [0.4, 0.5) is 0 Å². The third-order valence-corrected chi connectivity index (χ3v) is 5.97. The van der Waals surface area contributed by atoms with Gasteiger partial charge >= 0.3 is 0 Å². The second kappa shape index (κ2) is 6.20. The molecule has 1 fully saturated rings. The predicted molar refractivity (Wildman–Crippen MR) is 73.2 cm³/mol. The maximum Gasteiger partial charge on any atom is 0.150 e. The molecule has 104 valence electrons. The highest BCUT2D eigenvalue weighted by Crippen LogP contribution is 2.28. The van der Waals surface area contributed by atoms with E-state index in [0.29, 0.717) is 12.2 Å². The minimum absolute atomic E-state index is 0.163. The zero-order chi connectivity index (χ0) is 13.0. The van der Waals surface area contributed by atoms with Crippen LogP contribution >= 0.6 is 0 Å². The zero-order valence-electron chi connectivity index (χ0n) is 11.0. The Morgan fingerprint density at radius 1 is 1.28 bits per heavy atom. The smallest absolute Gasteiger partial charge is 0.150 e. The fourth-order valence-corrected chi connectivity index (χ4v) is 4.92. The van der Waals surface area contributed by atoms with Gasteiger partial charge in [0.05, 0.1) is 17.6 Å². The van der Waals surface area contributed by atoms with Crippen LogP contribution in [0.5, 0.6) is 0 Å². The van der Waals surface area contributed by atoms with Crippen LogP contribution < -0.4 is 0 Å². The van der Waals surface area contributed by atoms with E-state index in [1.165, 1.54) is 19.3 Å². The van der Waals surface area contributed by atoms with Crippen molar-refractivity contribution >= 4 is 9.84 Å². The van der Waals surface area contributed by atoms with Gasteiger partial charge in [-0.15, -0.1) is 0 Å². The molecule has 2 aliphatic rings. The number of hydrogen-bond acceptors (Lipinski definition) is 3. The predicted octanol–water partition coefficient (Wildman–Crippen LogP) is 2.45. The molecule has 0 aromatic rings. The van der Waals surface area contributed by atoms with E-state index in [4.69, 9.17) is 0 Å². The molecule has 0 spiro atoms. The third-order valence-electron chi connectivity index (χ3n) is 4.14. The van der Waals surface area contributed by atoms with Crippen LogP contribution in [-0.2, 0) is 9.84 Å². The van der Waals surface area contributed by atoms with E-state index in [1.54, 1.807) is 0 Å². The Balaban J connectivity index is 1.88. The molecule has 18 heavy (non-hydrogen) atoms. The van der Waals surface area contributed by atoms with Gasteiger partial charge in [0, 0.05) is 0 Å². The molecule has 0 aromatic heterocycles. The van der Waals surface area contributed by atoms with Crippen molar-refractivity contribution in [2.75, 3.05) is 11.5 Å². The van der Waals surface area contributed by atoms with Crippen LogP contribution in [0, 0.1) is 5.92 Å². The normalized spacial score (nSPS) is 30.3. The molecule has 0 aromatic carbocycles. The summed E-state index contributed by atoms with van der Waals surface area (Å²) in [7, 11) is -2.82. The summed E-state index contributed by atoms with van der Waals surface area (Å²) in [6.45, 7) is 0. The van der Waals surface area contributed by atoms with Crippen molar-refractivity contribution in [1.82, 2.24) is 0 Å². The van der Waals surface area contributed by atoms with Crippen molar-refractivity contribution in [2.45, 2.75) is 57.5 Å². The van der Waals surface area contributed by atoms with E-state index in [1.807, 2.05) is 0 Å². The van der Waals surface area contributed by atoms with E-state index in [0.717, 1.165) is 31.3 Å². The SMILES string of the molecule is O=S1(=O)CCC(CC(O)C2=CCCCCCC2)C1. The highest BCUT2D eigenvalue weighted by atomic mass is 32.2. The van der Waals surface area contributed by atoms with Gasteiger partial charge in [-0.3, -0.25) is 0 Å². The Morgan fingerprint density at radius 3 is 2.78 bits per heavy atom. The summed E-state index contributed by atoms with van der Waals surface area (Å²) in [6, 6.07) is 0. The van der Waals surface area contributed by atoms with E-state index in [9.17, 15) is 13.5 Å². The van der Waals surface area contributed by atoms with Crippen LogP contribution in [0.2, 0.25) is 0 Å². The van der Waals surface area contributed by atoms with E-state index >= 15 is 0 Å². The van der Waals surface area contributed by atoms with Crippen LogP contribution in [0.15, 0.2) is 11.6 Å². The molecule has 2 unspecified atom stereocenters. The maximum atomic E-state index is 11.4. The lowest BCUT2D eigenvalue weighted by Gasteiger charge is -2.19. The van der Waals surface area contributed by atoms with Crippen molar-refractivity contribution < 1.29 is 13.5 Å². The fraction of sp³-hybridized carbons (Fsp3) is 0.857. The number of sulfone groups is 1. The van der Waals surface area contributed by atoms with Gasteiger partial charge < -0.3 is 5.11 Å². The number of aliphatic hydroxyl groups is 1. The molecule has 1 aliphatic heterocycles. The number of aliphatic hydroxyl groups excluding tert-OH is 1. The molecule has 1 aliphatic carbocycles. The molecular weight excluding hydrogens is 248 g/mol. The van der Waals surface area contributed by atoms with E-state index in [-0.39, 0.29) is 11.7 Å². The van der Waals surface area contributed by atoms with E-state index < -0.39 is 15.9 Å². The number of hydrogen-bond donors (Lipinski definition) is 1. The highest BCUT2D eigenvalue weighted by molar-refractivity contribution is 7.91. The molecule has 2 atom stereocenters. The Morgan fingerprint density at radius 2 is 2.06 bits per heavy atom. The molecule has 1 N–H and O–H groups in total. The minimum Gasteiger partial charge on any atom is -0.389 e. The number of rotatable bonds is 3. The third kappa shape index (κ3) is 4.09. The lowest BCUT2D eigenvalue weighted by molar-refractivity contribution is 0.175. The Labute approximate surface area is 110 Å². The average molecular weight is 272 g/mol. The van der Waals surface area contributed by atoms with Gasteiger partial charge in [0.2, 0.25) is 0 Å². The number of allylic oxidation sites excluding steroid dienone is 1. The van der Waals surface area contributed by atoms with Gasteiger partial charge in [-0.2, -0.15) is 0 Å². The fourth-order valence-electron chi connectivity index (χ4n) is 3.04. The van der Waals surface area contributed by atoms with Gasteiger partial charge in [0.1, 0.15) is 0 Å². The van der Waals surface area contributed by atoms with Crippen molar-refractivity contribution in [1.29, 1.82) is 0 Å². The summed E-state index contributed by atoms with van der Waals surface area (Å²) >= 11 is 0. The second-order valence-electron chi connectivity index (χ2n) is 5.75. The van der Waals surface area contributed by atoms with Crippen LogP contribution in [0.3, 0.4) is 0 Å². The van der Waals surface area contributed by atoms with Crippen molar-refractivity contribution in [3.63, 3.8) is 0 Å². The Hall–Kier alpha value is -0.350. The van der Waals surface area contributed by atoms with Crippen molar-refractivity contribution in [3.05, 3.63) is 11.6 Å². The molecule has 0 amide bonds. The monoisotopic (exact) mass is 272 g/mol. The second-order valence-corrected chi connectivity index (χ2v) is 7.98. The first-order chi connectivity index (χ1) is 8.57. The molecule has 0 radical (unpaired) electrons. The zero-order valence-corrected chi connectivity index (χ0v) is 11.8. The van der Waals surface area contributed by atoms with Crippen LogP contribution in [0.1, 0.15) is 51.4 Å². The molecule has 4 heteroatoms. The Kier molecular flexibility index (Phi) is 4.84.